The first-order valence-corrected chi connectivity index (χ1v) is 7.51. The Morgan fingerprint density at radius 1 is 0.680 bits per heavy atom. The van der Waals surface area contributed by atoms with Crippen LogP contribution < -0.4 is 9.47 Å². The summed E-state index contributed by atoms with van der Waals surface area (Å²) >= 11 is 0. The van der Waals surface area contributed by atoms with E-state index in [0.29, 0.717) is 0 Å². The van der Waals surface area contributed by atoms with Crippen molar-refractivity contribution in [2.24, 2.45) is 0 Å². The van der Waals surface area contributed by atoms with Crippen molar-refractivity contribution >= 4 is 24.1 Å². The second-order valence-electron chi connectivity index (χ2n) is 4.95. The van der Waals surface area contributed by atoms with Crippen LogP contribution in [0.1, 0.15) is 11.1 Å². The van der Waals surface area contributed by atoms with Crippen molar-refractivity contribution in [1.82, 2.24) is 0 Å². The minimum absolute atomic E-state index is 0.721. The highest BCUT2D eigenvalue weighted by Crippen LogP contribution is 2.13. The average molecular weight is 338 g/mol. The van der Waals surface area contributed by atoms with Gasteiger partial charge in [-0.3, -0.25) is 0 Å². The predicted octanol–water partition coefficient (Wildman–Crippen LogP) is 3.50. The van der Waals surface area contributed by atoms with Crippen LogP contribution in [0.4, 0.5) is 0 Å². The van der Waals surface area contributed by atoms with Gasteiger partial charge in [-0.05, 0) is 47.5 Å². The van der Waals surface area contributed by atoms with Crippen LogP contribution >= 0.6 is 0 Å². The van der Waals surface area contributed by atoms with E-state index in [1.165, 1.54) is 12.2 Å². The highest BCUT2D eigenvalue weighted by molar-refractivity contribution is 5.99. The van der Waals surface area contributed by atoms with Crippen LogP contribution in [0.5, 0.6) is 11.5 Å². The van der Waals surface area contributed by atoms with Crippen molar-refractivity contribution in [2.75, 3.05) is 14.2 Å². The van der Waals surface area contributed by atoms with Crippen molar-refractivity contribution in [2.45, 2.75) is 0 Å². The largest absolute Gasteiger partial charge is 0.497 e. The molecule has 128 valence electrons. The quantitative estimate of drug-likeness (QED) is 0.458. The Morgan fingerprint density at radius 2 is 1.04 bits per heavy atom. The Bertz CT molecular complexity index is 703. The Balaban J connectivity index is 1.86. The number of carbonyl (C=O) groups excluding carboxylic acids is 2. The number of hydrogen-bond acceptors (Lipinski definition) is 5. The van der Waals surface area contributed by atoms with Gasteiger partial charge in [0.1, 0.15) is 11.5 Å². The molecule has 0 saturated heterocycles. The number of benzene rings is 2. The molecule has 0 heterocycles. The van der Waals surface area contributed by atoms with E-state index in [1.807, 2.05) is 0 Å². The maximum Gasteiger partial charge on any atom is 0.338 e. The van der Waals surface area contributed by atoms with Crippen LogP contribution in [0.15, 0.2) is 60.7 Å². The van der Waals surface area contributed by atoms with Crippen LogP contribution in [-0.2, 0) is 14.3 Å². The molecule has 0 saturated carbocycles. The second kappa shape index (κ2) is 9.08. The SMILES string of the molecule is COc1ccc(/C=C/C(=O)OC(=O)/C=C/c2ccc(OC)cc2)cc1. The van der Waals surface area contributed by atoms with E-state index in [0.717, 1.165) is 22.6 Å². The third-order valence-corrected chi connectivity index (χ3v) is 3.26. The summed E-state index contributed by atoms with van der Waals surface area (Å²) < 4.78 is 14.8. The standard InChI is InChI=1S/C20H18O5/c1-23-17-9-3-15(4-10-17)7-13-19(21)25-20(22)14-8-16-5-11-18(24-2)12-6-16/h3-14H,1-2H3/b13-7+,14-8+. The molecule has 0 bridgehead atoms. The normalized spacial score (nSPS) is 10.8. The van der Waals surface area contributed by atoms with Crippen LogP contribution in [0.3, 0.4) is 0 Å². The molecule has 0 aromatic heterocycles. The molecule has 0 spiro atoms. The summed E-state index contributed by atoms with van der Waals surface area (Å²) in [6, 6.07) is 14.2. The van der Waals surface area contributed by atoms with Gasteiger partial charge in [-0.1, -0.05) is 24.3 Å². The number of hydrogen-bond donors (Lipinski definition) is 0. The third kappa shape index (κ3) is 5.99. The van der Waals surface area contributed by atoms with E-state index in [-0.39, 0.29) is 0 Å². The number of methoxy groups -OCH3 is 2. The maximum atomic E-state index is 11.6. The monoisotopic (exact) mass is 338 g/mol. The summed E-state index contributed by atoms with van der Waals surface area (Å²) in [6.45, 7) is 0. The molecule has 0 amide bonds. The molecule has 25 heavy (non-hydrogen) atoms. The lowest BCUT2D eigenvalue weighted by Gasteiger charge is -1.99. The lowest BCUT2D eigenvalue weighted by molar-refractivity contribution is -0.152. The molecule has 0 N–H and O–H groups in total. The Hall–Kier alpha value is -3.34. The van der Waals surface area contributed by atoms with Crippen LogP contribution in [0.2, 0.25) is 0 Å². The van der Waals surface area contributed by atoms with Crippen molar-refractivity contribution in [1.29, 1.82) is 0 Å². The summed E-state index contributed by atoms with van der Waals surface area (Å²) in [7, 11) is 3.15. The number of esters is 2. The van der Waals surface area contributed by atoms with Gasteiger partial charge in [-0.25, -0.2) is 9.59 Å². The first-order chi connectivity index (χ1) is 12.1. The van der Waals surface area contributed by atoms with Gasteiger partial charge in [-0.15, -0.1) is 0 Å². The van der Waals surface area contributed by atoms with Gasteiger partial charge in [-0.2, -0.15) is 0 Å². The summed E-state index contributed by atoms with van der Waals surface area (Å²) in [4.78, 5) is 23.3. The average Bonchev–Trinajstić information content (AvgIpc) is 2.65. The molecule has 0 fully saturated rings. The Kier molecular flexibility index (Phi) is 6.54. The third-order valence-electron chi connectivity index (χ3n) is 3.26. The first-order valence-electron chi connectivity index (χ1n) is 7.51. The van der Waals surface area contributed by atoms with E-state index in [4.69, 9.17) is 9.47 Å². The summed E-state index contributed by atoms with van der Waals surface area (Å²) in [5.41, 5.74) is 1.58. The van der Waals surface area contributed by atoms with Gasteiger partial charge in [0.05, 0.1) is 14.2 Å². The molecule has 2 aromatic carbocycles. The van der Waals surface area contributed by atoms with Crippen molar-refractivity contribution in [3.63, 3.8) is 0 Å². The van der Waals surface area contributed by atoms with Gasteiger partial charge in [0.25, 0.3) is 0 Å². The van der Waals surface area contributed by atoms with E-state index < -0.39 is 11.9 Å². The molecule has 2 rings (SSSR count). The fraction of sp³-hybridized carbons (Fsp3) is 0.100. The van der Waals surface area contributed by atoms with Gasteiger partial charge in [0.15, 0.2) is 0 Å². The van der Waals surface area contributed by atoms with E-state index in [9.17, 15) is 9.59 Å². The molecular weight excluding hydrogens is 320 g/mol. The zero-order valence-corrected chi connectivity index (χ0v) is 14.0. The second-order valence-corrected chi connectivity index (χ2v) is 4.95. The fourth-order valence-corrected chi connectivity index (χ4v) is 1.93. The van der Waals surface area contributed by atoms with Crippen molar-refractivity contribution in [3.8, 4) is 11.5 Å². The predicted molar refractivity (Wildman–Crippen MR) is 95.2 cm³/mol. The first kappa shape index (κ1) is 18.0. The molecule has 0 unspecified atom stereocenters. The van der Waals surface area contributed by atoms with Crippen molar-refractivity contribution in [3.05, 3.63) is 71.8 Å². The highest BCUT2D eigenvalue weighted by atomic mass is 16.6. The maximum absolute atomic E-state index is 11.6. The summed E-state index contributed by atoms with van der Waals surface area (Å²) in [5.74, 6) is -0.0301. The van der Waals surface area contributed by atoms with Gasteiger partial charge < -0.3 is 14.2 Å². The Labute approximate surface area is 146 Å². The zero-order valence-electron chi connectivity index (χ0n) is 14.0. The number of rotatable bonds is 6. The molecule has 5 nitrogen and oxygen atoms in total. The Morgan fingerprint density at radius 3 is 1.36 bits per heavy atom. The topological polar surface area (TPSA) is 61.8 Å². The smallest absolute Gasteiger partial charge is 0.338 e. The lowest BCUT2D eigenvalue weighted by Crippen LogP contribution is -2.06. The van der Waals surface area contributed by atoms with Gasteiger partial charge >= 0.3 is 11.9 Å². The molecule has 0 aliphatic heterocycles. The van der Waals surface area contributed by atoms with E-state index >= 15 is 0 Å². The van der Waals surface area contributed by atoms with Gasteiger partial charge in [0, 0.05) is 12.2 Å². The minimum atomic E-state index is -0.736. The van der Waals surface area contributed by atoms with Crippen LogP contribution in [-0.4, -0.2) is 26.2 Å². The lowest BCUT2D eigenvalue weighted by atomic mass is 10.2. The summed E-state index contributed by atoms with van der Waals surface area (Å²) in [6.07, 6.45) is 5.51. The summed E-state index contributed by atoms with van der Waals surface area (Å²) in [5, 5.41) is 0. The number of carbonyl (C=O) groups is 2. The van der Waals surface area contributed by atoms with E-state index in [2.05, 4.69) is 4.74 Å². The highest BCUT2D eigenvalue weighted by Gasteiger charge is 2.03. The molecule has 2 aromatic rings. The minimum Gasteiger partial charge on any atom is -0.497 e. The zero-order chi connectivity index (χ0) is 18.1. The van der Waals surface area contributed by atoms with Gasteiger partial charge in [0.2, 0.25) is 0 Å². The van der Waals surface area contributed by atoms with Crippen LogP contribution in [0, 0.1) is 0 Å². The molecular formula is C20H18O5. The molecule has 0 radical (unpaired) electrons. The van der Waals surface area contributed by atoms with Crippen molar-refractivity contribution < 1.29 is 23.8 Å². The molecule has 5 heteroatoms. The van der Waals surface area contributed by atoms with Crippen LogP contribution in [0.25, 0.3) is 12.2 Å². The fourth-order valence-electron chi connectivity index (χ4n) is 1.93. The number of ether oxygens (including phenoxy) is 3. The molecule has 0 atom stereocenters. The molecule has 0 aliphatic rings. The molecule has 0 aliphatic carbocycles. The van der Waals surface area contributed by atoms with E-state index in [1.54, 1.807) is 74.9 Å².